The van der Waals surface area contributed by atoms with Gasteiger partial charge in [-0.15, -0.1) is 0 Å². The molecule has 0 saturated carbocycles. The summed E-state index contributed by atoms with van der Waals surface area (Å²) in [6, 6.07) is -0.930. The summed E-state index contributed by atoms with van der Waals surface area (Å²) in [6.07, 6.45) is 2.28. The van der Waals surface area contributed by atoms with Gasteiger partial charge >= 0.3 is 5.97 Å². The minimum absolute atomic E-state index is 0.155. The molecule has 17 heavy (non-hydrogen) atoms. The number of carboxylic acids is 1. The Hall–Kier alpha value is -1.10. The summed E-state index contributed by atoms with van der Waals surface area (Å²) in [5, 5.41) is 11.7. The van der Waals surface area contributed by atoms with Crippen LogP contribution in [0.4, 0.5) is 0 Å². The molecule has 0 aromatic carbocycles. The molecule has 1 unspecified atom stereocenters. The molecule has 98 valence electrons. The largest absolute Gasteiger partial charge is 0.480 e. The number of hydrogen-bond acceptors (Lipinski definition) is 3. The third-order valence-corrected chi connectivity index (χ3v) is 3.14. The molecular weight excluding hydrogens is 220 g/mol. The van der Waals surface area contributed by atoms with E-state index in [2.05, 4.69) is 5.32 Å². The van der Waals surface area contributed by atoms with E-state index < -0.39 is 12.0 Å². The average Bonchev–Trinajstić information content (AvgIpc) is 2.62. The normalized spacial score (nSPS) is 22.7. The predicted molar refractivity (Wildman–Crippen MR) is 64.7 cm³/mol. The van der Waals surface area contributed by atoms with Gasteiger partial charge in [0.25, 0.3) is 0 Å². The number of hydrogen-bond donors (Lipinski definition) is 2. The highest BCUT2D eigenvalue weighted by molar-refractivity contribution is 5.87. The Morgan fingerprint density at radius 2 is 2.12 bits per heavy atom. The van der Waals surface area contributed by atoms with Gasteiger partial charge in [0.2, 0.25) is 5.91 Å². The highest BCUT2D eigenvalue weighted by atomic mass is 16.4. The van der Waals surface area contributed by atoms with E-state index >= 15 is 0 Å². The number of aliphatic carboxylic acids is 1. The van der Waals surface area contributed by atoms with Crippen LogP contribution in [0.5, 0.6) is 0 Å². The molecule has 2 N–H and O–H groups in total. The Kier molecular flexibility index (Phi) is 4.93. The summed E-state index contributed by atoms with van der Waals surface area (Å²) in [6.45, 7) is 4.80. The second-order valence-corrected chi connectivity index (χ2v) is 5.17. The molecule has 0 spiro atoms. The van der Waals surface area contributed by atoms with E-state index in [1.54, 1.807) is 0 Å². The van der Waals surface area contributed by atoms with Crippen LogP contribution < -0.4 is 5.32 Å². The number of nitrogens with zero attached hydrogens (tertiary/aromatic N) is 1. The molecule has 2 atom stereocenters. The SMILES string of the molecule is CC(C)C[C@@H](NC(=O)C1CCCN1C)C(=O)O. The molecule has 0 aromatic heterocycles. The van der Waals surface area contributed by atoms with Crippen LogP contribution in [0, 0.1) is 5.92 Å². The molecule has 0 radical (unpaired) electrons. The lowest BCUT2D eigenvalue weighted by molar-refractivity contribution is -0.143. The minimum Gasteiger partial charge on any atom is -0.480 e. The summed E-state index contributed by atoms with van der Waals surface area (Å²) in [4.78, 5) is 25.0. The molecule has 1 fully saturated rings. The van der Waals surface area contributed by atoms with E-state index in [4.69, 9.17) is 5.11 Å². The molecular formula is C12H22N2O3. The predicted octanol–water partition coefficient (Wildman–Crippen LogP) is 0.696. The van der Waals surface area contributed by atoms with Gasteiger partial charge in [-0.05, 0) is 38.8 Å². The van der Waals surface area contributed by atoms with Crippen molar-refractivity contribution < 1.29 is 14.7 Å². The van der Waals surface area contributed by atoms with Crippen LogP contribution in [0.2, 0.25) is 0 Å². The fourth-order valence-electron chi connectivity index (χ4n) is 2.20. The molecule has 1 aliphatic heterocycles. The minimum atomic E-state index is -0.951. The van der Waals surface area contributed by atoms with E-state index in [1.165, 1.54) is 0 Å². The molecule has 0 aromatic rings. The van der Waals surface area contributed by atoms with Crippen molar-refractivity contribution in [2.45, 2.75) is 45.2 Å². The van der Waals surface area contributed by atoms with E-state index in [9.17, 15) is 9.59 Å². The number of nitrogens with one attached hydrogen (secondary N) is 1. The maximum Gasteiger partial charge on any atom is 0.326 e. The first-order chi connectivity index (χ1) is 7.91. The van der Waals surface area contributed by atoms with Gasteiger partial charge < -0.3 is 10.4 Å². The maximum atomic E-state index is 11.9. The smallest absolute Gasteiger partial charge is 0.326 e. The molecule has 1 rings (SSSR count). The summed E-state index contributed by atoms with van der Waals surface area (Å²) in [7, 11) is 1.90. The van der Waals surface area contributed by atoms with Crippen LogP contribution in [-0.4, -0.2) is 47.6 Å². The van der Waals surface area contributed by atoms with Crippen LogP contribution in [0.25, 0.3) is 0 Å². The van der Waals surface area contributed by atoms with Crippen LogP contribution in [-0.2, 0) is 9.59 Å². The molecule has 1 aliphatic rings. The lowest BCUT2D eigenvalue weighted by Gasteiger charge is -2.22. The standard InChI is InChI=1S/C12H22N2O3/c1-8(2)7-9(12(16)17)13-11(15)10-5-4-6-14(10)3/h8-10H,4-7H2,1-3H3,(H,13,15)(H,16,17)/t9-,10?/m1/s1. The van der Waals surface area contributed by atoms with E-state index in [-0.39, 0.29) is 17.9 Å². The highest BCUT2D eigenvalue weighted by Crippen LogP contribution is 2.15. The fourth-order valence-corrected chi connectivity index (χ4v) is 2.20. The highest BCUT2D eigenvalue weighted by Gasteiger charge is 2.30. The average molecular weight is 242 g/mol. The molecule has 5 heteroatoms. The van der Waals surface area contributed by atoms with Crippen LogP contribution in [0.3, 0.4) is 0 Å². The fraction of sp³-hybridized carbons (Fsp3) is 0.833. The Morgan fingerprint density at radius 3 is 2.53 bits per heavy atom. The van der Waals surface area contributed by atoms with Crippen LogP contribution in [0.15, 0.2) is 0 Å². The third kappa shape index (κ3) is 4.00. The van der Waals surface area contributed by atoms with Crippen molar-refractivity contribution in [3.05, 3.63) is 0 Å². The molecule has 1 saturated heterocycles. The van der Waals surface area contributed by atoms with E-state index in [0.29, 0.717) is 6.42 Å². The quantitative estimate of drug-likeness (QED) is 0.744. The van der Waals surface area contributed by atoms with Crippen molar-refractivity contribution in [2.75, 3.05) is 13.6 Å². The maximum absolute atomic E-state index is 11.9. The zero-order chi connectivity index (χ0) is 13.0. The Morgan fingerprint density at radius 1 is 1.47 bits per heavy atom. The third-order valence-electron chi connectivity index (χ3n) is 3.14. The van der Waals surface area contributed by atoms with Crippen molar-refractivity contribution in [2.24, 2.45) is 5.92 Å². The number of rotatable bonds is 5. The number of amides is 1. The Labute approximate surface area is 102 Å². The molecule has 1 heterocycles. The number of carbonyl (C=O) groups excluding carboxylic acids is 1. The molecule has 0 bridgehead atoms. The summed E-state index contributed by atoms with van der Waals surface area (Å²) in [5.41, 5.74) is 0. The zero-order valence-electron chi connectivity index (χ0n) is 10.8. The van der Waals surface area contributed by atoms with Crippen molar-refractivity contribution >= 4 is 11.9 Å². The van der Waals surface area contributed by atoms with Crippen LogP contribution >= 0.6 is 0 Å². The summed E-state index contributed by atoms with van der Waals surface area (Å²) in [5.74, 6) is -0.858. The number of carbonyl (C=O) groups is 2. The van der Waals surface area contributed by atoms with Crippen molar-refractivity contribution in [3.8, 4) is 0 Å². The number of likely N-dealkylation sites (tertiary alicyclic amines) is 1. The first-order valence-corrected chi connectivity index (χ1v) is 6.15. The van der Waals surface area contributed by atoms with Gasteiger partial charge in [0, 0.05) is 0 Å². The van der Waals surface area contributed by atoms with Crippen molar-refractivity contribution in [1.82, 2.24) is 10.2 Å². The lowest BCUT2D eigenvalue weighted by atomic mass is 10.0. The van der Waals surface area contributed by atoms with Gasteiger partial charge in [0.1, 0.15) is 6.04 Å². The second-order valence-electron chi connectivity index (χ2n) is 5.17. The first kappa shape index (κ1) is 14.0. The van der Waals surface area contributed by atoms with E-state index in [0.717, 1.165) is 19.4 Å². The zero-order valence-corrected chi connectivity index (χ0v) is 10.8. The van der Waals surface area contributed by atoms with Gasteiger partial charge in [-0.25, -0.2) is 4.79 Å². The van der Waals surface area contributed by atoms with Gasteiger partial charge in [-0.2, -0.15) is 0 Å². The van der Waals surface area contributed by atoms with Gasteiger partial charge in [0.15, 0.2) is 0 Å². The van der Waals surface area contributed by atoms with Crippen molar-refractivity contribution in [3.63, 3.8) is 0 Å². The topological polar surface area (TPSA) is 69.6 Å². The number of likely N-dealkylation sites (N-methyl/N-ethyl adjacent to an activating group) is 1. The first-order valence-electron chi connectivity index (χ1n) is 6.15. The molecule has 1 amide bonds. The van der Waals surface area contributed by atoms with Gasteiger partial charge in [-0.1, -0.05) is 13.8 Å². The Bertz CT molecular complexity index is 291. The number of carboxylic acid groups (broad SMARTS) is 1. The summed E-state index contributed by atoms with van der Waals surface area (Å²) < 4.78 is 0. The van der Waals surface area contributed by atoms with Gasteiger partial charge in [0.05, 0.1) is 6.04 Å². The Balaban J connectivity index is 2.54. The molecule has 5 nitrogen and oxygen atoms in total. The van der Waals surface area contributed by atoms with E-state index in [1.807, 2.05) is 25.8 Å². The summed E-state index contributed by atoms with van der Waals surface area (Å²) >= 11 is 0. The van der Waals surface area contributed by atoms with Crippen molar-refractivity contribution in [1.29, 1.82) is 0 Å². The lowest BCUT2D eigenvalue weighted by Crippen LogP contribution is -2.49. The van der Waals surface area contributed by atoms with Crippen LogP contribution in [0.1, 0.15) is 33.1 Å². The second kappa shape index (κ2) is 6.00. The molecule has 0 aliphatic carbocycles. The van der Waals surface area contributed by atoms with Gasteiger partial charge in [-0.3, -0.25) is 9.69 Å². The monoisotopic (exact) mass is 242 g/mol.